The second-order valence-corrected chi connectivity index (χ2v) is 3.92. The van der Waals surface area contributed by atoms with E-state index in [4.69, 9.17) is 14.7 Å². The Morgan fingerprint density at radius 2 is 1.95 bits per heavy atom. The number of benzene rings is 1. The molecule has 2 rings (SSSR count). The molecule has 1 aromatic carbocycles. The Balaban J connectivity index is 2.76. The molecule has 0 radical (unpaired) electrons. The molecule has 1 aliphatic rings. The summed E-state index contributed by atoms with van der Waals surface area (Å²) in [5, 5.41) is 8.83. The van der Waals surface area contributed by atoms with E-state index in [-0.39, 0.29) is 12.0 Å². The average Bonchev–Trinajstić information content (AvgIpc) is 2.43. The molecule has 0 aromatic heterocycles. The smallest absolute Gasteiger partial charge is 0.233 e. The normalized spacial score (nSPS) is 13.4. The largest absolute Gasteiger partial charge is 0.493 e. The van der Waals surface area contributed by atoms with Crippen molar-refractivity contribution in [2.24, 2.45) is 0 Å². The first-order valence-electron chi connectivity index (χ1n) is 5.55. The van der Waals surface area contributed by atoms with Gasteiger partial charge >= 0.3 is 0 Å². The van der Waals surface area contributed by atoms with Crippen molar-refractivity contribution in [3.8, 4) is 17.6 Å². The van der Waals surface area contributed by atoms with Crippen LogP contribution in [0.15, 0.2) is 18.2 Å². The lowest BCUT2D eigenvalue weighted by Gasteiger charge is -2.19. The van der Waals surface area contributed by atoms with E-state index in [1.807, 2.05) is 6.07 Å². The second-order valence-electron chi connectivity index (χ2n) is 3.92. The van der Waals surface area contributed by atoms with E-state index in [1.165, 1.54) is 26.4 Å². The number of methoxy groups -OCH3 is 2. The Morgan fingerprint density at radius 1 is 1.21 bits per heavy atom. The highest BCUT2D eigenvalue weighted by Gasteiger charge is 2.29. The Morgan fingerprint density at radius 3 is 2.53 bits per heavy atom. The second kappa shape index (κ2) is 4.94. The zero-order valence-electron chi connectivity index (χ0n) is 10.5. The molecule has 0 N–H and O–H groups in total. The van der Waals surface area contributed by atoms with E-state index in [1.54, 1.807) is 6.07 Å². The highest BCUT2D eigenvalue weighted by atomic mass is 16.5. The fraction of sp³-hybridized carbons (Fsp3) is 0.214. The zero-order valence-corrected chi connectivity index (χ0v) is 10.5. The first-order valence-corrected chi connectivity index (χ1v) is 5.55. The quantitative estimate of drug-likeness (QED) is 0.771. The van der Waals surface area contributed by atoms with Crippen molar-refractivity contribution in [2.45, 2.75) is 6.42 Å². The third-order valence-corrected chi connectivity index (χ3v) is 2.91. The molecule has 0 aliphatic heterocycles. The maximum atomic E-state index is 11.9. The monoisotopic (exact) mass is 257 g/mol. The van der Waals surface area contributed by atoms with Gasteiger partial charge in [0.15, 0.2) is 11.5 Å². The summed E-state index contributed by atoms with van der Waals surface area (Å²) in [5.74, 6) is -0.405. The van der Waals surface area contributed by atoms with Crippen LogP contribution in [0, 0.1) is 11.3 Å². The van der Waals surface area contributed by atoms with Crippen LogP contribution in [0.3, 0.4) is 0 Å². The summed E-state index contributed by atoms with van der Waals surface area (Å²) >= 11 is 0. The molecule has 0 bridgehead atoms. The highest BCUT2D eigenvalue weighted by molar-refractivity contribution is 6.50. The molecule has 1 aliphatic carbocycles. The molecule has 5 nitrogen and oxygen atoms in total. The summed E-state index contributed by atoms with van der Waals surface area (Å²) in [6.45, 7) is 0. The summed E-state index contributed by atoms with van der Waals surface area (Å²) in [6.07, 6.45) is 1.21. The van der Waals surface area contributed by atoms with Crippen LogP contribution in [0.2, 0.25) is 0 Å². The van der Waals surface area contributed by atoms with Crippen LogP contribution in [-0.2, 0) is 4.79 Å². The van der Waals surface area contributed by atoms with Crippen molar-refractivity contribution in [2.75, 3.05) is 14.2 Å². The number of carbonyl (C=O) groups excluding carboxylic acids is 2. The van der Waals surface area contributed by atoms with Crippen molar-refractivity contribution < 1.29 is 19.1 Å². The number of hydrogen-bond acceptors (Lipinski definition) is 5. The Hall–Kier alpha value is -2.61. The van der Waals surface area contributed by atoms with Crippen molar-refractivity contribution in [1.29, 1.82) is 5.26 Å². The number of fused-ring (bicyclic) bond motifs is 1. The predicted octanol–water partition coefficient (Wildman–Crippen LogP) is 1.77. The number of hydrogen-bond donors (Lipinski definition) is 0. The van der Waals surface area contributed by atoms with Crippen LogP contribution in [0.1, 0.15) is 22.3 Å². The molecule has 96 valence electrons. The van der Waals surface area contributed by atoms with E-state index in [0.717, 1.165) is 0 Å². The average molecular weight is 257 g/mol. The minimum absolute atomic E-state index is 0.0234. The van der Waals surface area contributed by atoms with Crippen LogP contribution in [0.5, 0.6) is 11.5 Å². The molecule has 0 fully saturated rings. The number of rotatable bonds is 3. The Labute approximate surface area is 110 Å². The van der Waals surface area contributed by atoms with Crippen LogP contribution < -0.4 is 9.47 Å². The van der Waals surface area contributed by atoms with Gasteiger partial charge in [0.2, 0.25) is 11.6 Å². The molecule has 0 amide bonds. The van der Waals surface area contributed by atoms with Gasteiger partial charge in [-0.05, 0) is 23.8 Å². The molecule has 19 heavy (non-hydrogen) atoms. The molecule has 0 heterocycles. The predicted molar refractivity (Wildman–Crippen MR) is 67.1 cm³/mol. The molecular weight excluding hydrogens is 246 g/mol. The van der Waals surface area contributed by atoms with Gasteiger partial charge in [0.05, 0.1) is 26.7 Å². The summed E-state index contributed by atoms with van der Waals surface area (Å²) in [4.78, 5) is 23.4. The fourth-order valence-corrected chi connectivity index (χ4v) is 2.09. The number of carbonyl (C=O) groups is 2. The topological polar surface area (TPSA) is 76.4 Å². The number of ketones is 2. The lowest BCUT2D eigenvalue weighted by Crippen LogP contribution is -2.19. The van der Waals surface area contributed by atoms with Gasteiger partial charge < -0.3 is 9.47 Å². The Bertz CT molecular complexity index is 638. The summed E-state index contributed by atoms with van der Waals surface area (Å²) in [7, 11) is 2.93. The summed E-state index contributed by atoms with van der Waals surface area (Å²) in [5.41, 5.74) is 1.18. The molecule has 0 spiro atoms. The van der Waals surface area contributed by atoms with Gasteiger partial charge in [-0.3, -0.25) is 9.59 Å². The molecule has 5 heteroatoms. The minimum Gasteiger partial charge on any atom is -0.493 e. The van der Waals surface area contributed by atoms with Crippen LogP contribution in [0.25, 0.3) is 5.57 Å². The minimum atomic E-state index is -0.620. The van der Waals surface area contributed by atoms with Crippen molar-refractivity contribution in [3.05, 3.63) is 29.3 Å². The first kappa shape index (κ1) is 12.8. The van der Waals surface area contributed by atoms with Gasteiger partial charge in [-0.15, -0.1) is 0 Å². The molecule has 0 unspecified atom stereocenters. The van der Waals surface area contributed by atoms with E-state index in [2.05, 4.69) is 0 Å². The first-order chi connectivity index (χ1) is 9.13. The van der Waals surface area contributed by atoms with Gasteiger partial charge in [0.1, 0.15) is 0 Å². The SMILES string of the molecule is COc1ccc2c(c1OC)C(CC#N)=CC(=O)C2=O. The van der Waals surface area contributed by atoms with Gasteiger partial charge in [-0.2, -0.15) is 5.26 Å². The van der Waals surface area contributed by atoms with Crippen molar-refractivity contribution >= 4 is 17.1 Å². The fourth-order valence-electron chi connectivity index (χ4n) is 2.09. The van der Waals surface area contributed by atoms with Gasteiger partial charge in [-0.1, -0.05) is 0 Å². The third-order valence-electron chi connectivity index (χ3n) is 2.91. The van der Waals surface area contributed by atoms with Gasteiger partial charge in [0, 0.05) is 11.1 Å². The highest BCUT2D eigenvalue weighted by Crippen LogP contribution is 2.40. The van der Waals surface area contributed by atoms with Gasteiger partial charge in [0.25, 0.3) is 0 Å². The summed E-state index contributed by atoms with van der Waals surface area (Å²) < 4.78 is 10.4. The lowest BCUT2D eigenvalue weighted by atomic mass is 9.87. The molecule has 1 aromatic rings. The van der Waals surface area contributed by atoms with Crippen LogP contribution in [-0.4, -0.2) is 25.8 Å². The molecule has 0 atom stereocenters. The number of ether oxygens (including phenoxy) is 2. The Kier molecular flexibility index (Phi) is 3.34. The number of allylic oxidation sites excluding steroid dienone is 2. The molecule has 0 saturated carbocycles. The maximum absolute atomic E-state index is 11.9. The maximum Gasteiger partial charge on any atom is 0.233 e. The number of nitriles is 1. The molecule has 0 saturated heterocycles. The van der Waals surface area contributed by atoms with E-state index < -0.39 is 11.6 Å². The lowest BCUT2D eigenvalue weighted by molar-refractivity contribution is -0.111. The van der Waals surface area contributed by atoms with Crippen molar-refractivity contribution in [1.82, 2.24) is 0 Å². The van der Waals surface area contributed by atoms with Gasteiger partial charge in [-0.25, -0.2) is 0 Å². The van der Waals surface area contributed by atoms with E-state index in [0.29, 0.717) is 22.6 Å². The van der Waals surface area contributed by atoms with E-state index >= 15 is 0 Å². The van der Waals surface area contributed by atoms with Crippen molar-refractivity contribution in [3.63, 3.8) is 0 Å². The summed E-state index contributed by atoms with van der Waals surface area (Å²) in [6, 6.07) is 5.06. The number of Topliss-reactive ketones (excluding diaryl/α,β-unsaturated/α-hetero) is 1. The molecular formula is C14H11NO4. The van der Waals surface area contributed by atoms with E-state index in [9.17, 15) is 9.59 Å². The van der Waals surface area contributed by atoms with Crippen LogP contribution >= 0.6 is 0 Å². The standard InChI is InChI=1S/C14H11NO4/c1-18-11-4-3-9-12(14(11)19-2)8(5-6-15)7-10(16)13(9)17/h3-4,7H,5H2,1-2H3. The van der Waals surface area contributed by atoms with Crippen LogP contribution in [0.4, 0.5) is 0 Å². The zero-order chi connectivity index (χ0) is 14.0. The number of nitrogens with zero attached hydrogens (tertiary/aromatic N) is 1. The third kappa shape index (κ3) is 1.97.